The third-order valence-electron chi connectivity index (χ3n) is 1.19. The summed E-state index contributed by atoms with van der Waals surface area (Å²) >= 11 is 0. The monoisotopic (exact) mass is 144 g/mol. The maximum Gasteiger partial charge on any atom is 0.159 e. The molecule has 0 rings (SSSR count). The number of carbonyl (C=O) groups excluding carboxylic acids is 1. The highest BCUT2D eigenvalue weighted by atomic mass is 31.0. The van der Waals surface area contributed by atoms with Gasteiger partial charge in [-0.15, -0.1) is 8.86 Å². The molecule has 0 aliphatic rings. The van der Waals surface area contributed by atoms with E-state index < -0.39 is 0 Å². The highest BCUT2D eigenvalue weighted by molar-refractivity contribution is 7.22. The minimum Gasteiger partial charge on any atom is -0.294 e. The van der Waals surface area contributed by atoms with Gasteiger partial charge in [-0.2, -0.15) is 0 Å². The Bertz CT molecular complexity index is 99.1. The highest BCUT2D eigenvalue weighted by Crippen LogP contribution is 1.98. The molecule has 0 aromatic heterocycles. The zero-order valence-corrected chi connectivity index (χ0v) is 6.81. The van der Waals surface area contributed by atoms with Gasteiger partial charge in [0.2, 0.25) is 0 Å². The van der Waals surface area contributed by atoms with Crippen LogP contribution >= 0.6 is 8.86 Å². The first-order chi connectivity index (χ1) is 4.31. The minimum atomic E-state index is 0.195. The van der Waals surface area contributed by atoms with E-state index in [1.54, 1.807) is 0 Å². The van der Waals surface area contributed by atoms with Crippen molar-refractivity contribution in [1.29, 1.82) is 0 Å². The lowest BCUT2D eigenvalue weighted by atomic mass is 10.2. The first-order valence-electron chi connectivity index (χ1n) is 3.34. The number of ketones is 1. The first kappa shape index (κ1) is 8.84. The van der Waals surface area contributed by atoms with Crippen molar-refractivity contribution in [3.8, 4) is 0 Å². The fraction of sp³-hybridized carbons (Fsp3) is 0.714. The van der Waals surface area contributed by atoms with Crippen LogP contribution in [0.15, 0.2) is 0 Å². The summed E-state index contributed by atoms with van der Waals surface area (Å²) in [6, 6.07) is 0. The van der Waals surface area contributed by atoms with Crippen LogP contribution in [0.25, 0.3) is 0 Å². The molecule has 0 unspecified atom stereocenters. The van der Waals surface area contributed by atoms with Gasteiger partial charge in [0.25, 0.3) is 0 Å². The molecule has 0 heterocycles. The number of unbranched alkanes of at least 4 members (excludes halogenated alkanes) is 2. The van der Waals surface area contributed by atoms with Crippen molar-refractivity contribution in [3.63, 3.8) is 0 Å². The second-order valence-electron chi connectivity index (χ2n) is 2.07. The predicted octanol–water partition coefficient (Wildman–Crippen LogP) is 2.08. The fourth-order valence-electron chi connectivity index (χ4n) is 0.621. The van der Waals surface area contributed by atoms with Crippen molar-refractivity contribution in [2.24, 2.45) is 0 Å². The van der Waals surface area contributed by atoms with Crippen LogP contribution in [0.4, 0.5) is 0 Å². The van der Waals surface area contributed by atoms with Gasteiger partial charge in [0, 0.05) is 12.2 Å². The molecule has 0 spiro atoms. The minimum absolute atomic E-state index is 0.195. The molecule has 1 nitrogen and oxygen atoms in total. The van der Waals surface area contributed by atoms with Gasteiger partial charge < -0.3 is 0 Å². The SMILES string of the molecule is CCCCCC(=O)C=P. The Kier molecular flexibility index (Phi) is 5.86. The molecular formula is C7H13OP. The Morgan fingerprint density at radius 2 is 2.22 bits per heavy atom. The van der Waals surface area contributed by atoms with Crippen molar-refractivity contribution in [2.45, 2.75) is 32.6 Å². The van der Waals surface area contributed by atoms with E-state index in [4.69, 9.17) is 0 Å². The van der Waals surface area contributed by atoms with Gasteiger partial charge in [-0.05, 0) is 6.42 Å². The molecule has 0 fully saturated rings. The predicted molar refractivity (Wildman–Crippen MR) is 43.5 cm³/mol. The van der Waals surface area contributed by atoms with Crippen molar-refractivity contribution < 1.29 is 4.79 Å². The zero-order valence-electron chi connectivity index (χ0n) is 5.81. The van der Waals surface area contributed by atoms with Crippen LogP contribution < -0.4 is 0 Å². The summed E-state index contributed by atoms with van der Waals surface area (Å²) in [5.41, 5.74) is 0. The van der Waals surface area contributed by atoms with Crippen molar-refractivity contribution >= 4 is 20.4 Å². The van der Waals surface area contributed by atoms with Gasteiger partial charge in [0.05, 0.1) is 0 Å². The second kappa shape index (κ2) is 5.97. The number of hydrogen-bond donors (Lipinski definition) is 0. The van der Waals surface area contributed by atoms with E-state index in [0.29, 0.717) is 6.42 Å². The smallest absolute Gasteiger partial charge is 0.159 e. The molecule has 0 N–H and O–H groups in total. The van der Waals surface area contributed by atoms with E-state index in [0.717, 1.165) is 12.8 Å². The number of rotatable bonds is 5. The first-order valence-corrected chi connectivity index (χ1v) is 3.92. The lowest BCUT2D eigenvalue weighted by Gasteiger charge is -1.91. The van der Waals surface area contributed by atoms with E-state index in [1.807, 2.05) is 0 Å². The third-order valence-corrected chi connectivity index (χ3v) is 1.51. The highest BCUT2D eigenvalue weighted by Gasteiger charge is 1.92. The molecule has 0 aliphatic carbocycles. The quantitative estimate of drug-likeness (QED) is 0.426. The van der Waals surface area contributed by atoms with E-state index >= 15 is 0 Å². The summed E-state index contributed by atoms with van der Waals surface area (Å²) in [7, 11) is 3.04. The van der Waals surface area contributed by atoms with E-state index in [2.05, 4.69) is 15.8 Å². The molecule has 0 bridgehead atoms. The molecule has 0 amide bonds. The summed E-state index contributed by atoms with van der Waals surface area (Å²) in [6.07, 6.45) is 4.05. The molecule has 0 saturated heterocycles. The Morgan fingerprint density at radius 3 is 2.67 bits per heavy atom. The van der Waals surface area contributed by atoms with Crippen LogP contribution in [0.2, 0.25) is 0 Å². The van der Waals surface area contributed by atoms with Gasteiger partial charge in [-0.3, -0.25) is 4.79 Å². The Labute approximate surface area is 58.7 Å². The molecule has 52 valence electrons. The van der Waals surface area contributed by atoms with E-state index in [9.17, 15) is 4.79 Å². The summed E-state index contributed by atoms with van der Waals surface area (Å²) in [5.74, 6) is 1.65. The topological polar surface area (TPSA) is 17.1 Å². The Hall–Kier alpha value is -0.160. The molecule has 0 aromatic carbocycles. The average molecular weight is 144 g/mol. The molecule has 0 aliphatic heterocycles. The van der Waals surface area contributed by atoms with Gasteiger partial charge >= 0.3 is 0 Å². The van der Waals surface area contributed by atoms with Crippen LogP contribution in [-0.4, -0.2) is 11.6 Å². The molecule has 0 aromatic rings. The lowest BCUT2D eigenvalue weighted by molar-refractivity contribution is -0.112. The van der Waals surface area contributed by atoms with Crippen LogP contribution in [0.5, 0.6) is 0 Å². The zero-order chi connectivity index (χ0) is 7.11. The van der Waals surface area contributed by atoms with Crippen molar-refractivity contribution in [3.05, 3.63) is 0 Å². The maximum atomic E-state index is 10.6. The molecule has 0 atom stereocenters. The van der Waals surface area contributed by atoms with Gasteiger partial charge in [-0.25, -0.2) is 0 Å². The van der Waals surface area contributed by atoms with Crippen molar-refractivity contribution in [2.75, 3.05) is 0 Å². The lowest BCUT2D eigenvalue weighted by Crippen LogP contribution is -1.95. The van der Waals surface area contributed by atoms with Gasteiger partial charge in [-0.1, -0.05) is 19.8 Å². The van der Waals surface area contributed by atoms with E-state index in [-0.39, 0.29) is 5.78 Å². The van der Waals surface area contributed by atoms with Gasteiger partial charge in [0.15, 0.2) is 5.78 Å². The summed E-state index contributed by atoms with van der Waals surface area (Å²) in [5, 5.41) is 0. The molecular weight excluding hydrogens is 131 g/mol. The fourth-order valence-corrected chi connectivity index (χ4v) is 0.766. The Morgan fingerprint density at radius 1 is 1.56 bits per heavy atom. The molecule has 0 radical (unpaired) electrons. The molecule has 0 saturated carbocycles. The van der Waals surface area contributed by atoms with Crippen LogP contribution in [0, 0.1) is 0 Å². The molecule has 2 heteroatoms. The van der Waals surface area contributed by atoms with Crippen molar-refractivity contribution in [1.82, 2.24) is 0 Å². The second-order valence-corrected chi connectivity index (χ2v) is 2.36. The normalized spacial score (nSPS) is 9.00. The van der Waals surface area contributed by atoms with E-state index in [1.165, 1.54) is 12.2 Å². The largest absolute Gasteiger partial charge is 0.294 e. The van der Waals surface area contributed by atoms with Crippen LogP contribution in [-0.2, 0) is 4.79 Å². The number of hydrogen-bond acceptors (Lipinski definition) is 1. The average Bonchev–Trinajstić information content (AvgIpc) is 1.89. The number of Topliss-reactive ketones (excluding diaryl/α,β-unsaturated/α-hetero) is 1. The summed E-state index contributed by atoms with van der Waals surface area (Å²) < 4.78 is 0. The maximum absolute atomic E-state index is 10.6. The number of carbonyl (C=O) groups is 1. The molecule has 9 heavy (non-hydrogen) atoms. The standard InChI is InChI=1S/C7H13OP/c1-2-3-4-5-7(8)6-9/h6,9H,2-5H2,1H3. The third kappa shape index (κ3) is 5.72. The summed E-state index contributed by atoms with van der Waals surface area (Å²) in [4.78, 5) is 10.6. The Balaban J connectivity index is 3.07. The summed E-state index contributed by atoms with van der Waals surface area (Å²) in [6.45, 7) is 2.13. The van der Waals surface area contributed by atoms with Crippen LogP contribution in [0.3, 0.4) is 0 Å². The van der Waals surface area contributed by atoms with Gasteiger partial charge in [0.1, 0.15) is 0 Å². The van der Waals surface area contributed by atoms with Crippen LogP contribution in [0.1, 0.15) is 32.6 Å².